The highest BCUT2D eigenvalue weighted by atomic mass is 35.5. The van der Waals surface area contributed by atoms with E-state index in [4.69, 9.17) is 16.7 Å². The second kappa shape index (κ2) is 4.78. The number of alkyl halides is 3. The minimum atomic E-state index is -4.91. The first-order valence-electron chi connectivity index (χ1n) is 5.24. The molecule has 0 saturated carbocycles. The monoisotopic (exact) mass is 305 g/mol. The second-order valence-corrected chi connectivity index (χ2v) is 4.37. The number of carboxylic acid groups (broad SMARTS) is 1. The summed E-state index contributed by atoms with van der Waals surface area (Å²) in [6.07, 6.45) is -4.91. The van der Waals surface area contributed by atoms with Crippen molar-refractivity contribution >= 4 is 17.6 Å². The minimum absolute atomic E-state index is 0.0184. The van der Waals surface area contributed by atoms with E-state index in [-0.39, 0.29) is 10.7 Å². The lowest BCUT2D eigenvalue weighted by molar-refractivity contribution is -0.143. The fraction of sp³-hybridized carbons (Fsp3) is 0.182. The van der Waals surface area contributed by atoms with Crippen LogP contribution >= 0.6 is 11.6 Å². The van der Waals surface area contributed by atoms with Crippen molar-refractivity contribution in [2.75, 3.05) is 0 Å². The number of carbonyl (C=O) groups is 1. The van der Waals surface area contributed by atoms with Crippen LogP contribution in [0.3, 0.4) is 0 Å². The van der Waals surface area contributed by atoms with Gasteiger partial charge in [0.2, 0.25) is 5.69 Å². The third-order valence-corrected chi connectivity index (χ3v) is 2.78. The zero-order chi connectivity index (χ0) is 15.1. The molecule has 2 rings (SSSR count). The number of nitrogens with zero attached hydrogens (tertiary/aromatic N) is 3. The second-order valence-electron chi connectivity index (χ2n) is 3.93. The van der Waals surface area contributed by atoms with Crippen molar-refractivity contribution in [3.63, 3.8) is 0 Å². The van der Waals surface area contributed by atoms with Crippen molar-refractivity contribution in [2.24, 2.45) is 0 Å². The average molecular weight is 306 g/mol. The normalized spacial score (nSPS) is 11.7. The Balaban J connectivity index is 2.75. The van der Waals surface area contributed by atoms with Gasteiger partial charge in [-0.25, -0.2) is 9.48 Å². The minimum Gasteiger partial charge on any atom is -0.476 e. The molecule has 1 heterocycles. The van der Waals surface area contributed by atoms with Gasteiger partial charge < -0.3 is 5.11 Å². The van der Waals surface area contributed by atoms with Crippen LogP contribution in [-0.4, -0.2) is 26.1 Å². The van der Waals surface area contributed by atoms with E-state index in [0.717, 1.165) is 0 Å². The molecule has 2 aromatic rings. The Kier molecular flexibility index (Phi) is 3.43. The van der Waals surface area contributed by atoms with E-state index in [9.17, 15) is 18.0 Å². The Morgan fingerprint density at radius 2 is 2.05 bits per heavy atom. The van der Waals surface area contributed by atoms with E-state index in [1.807, 2.05) is 0 Å². The number of halogens is 4. The summed E-state index contributed by atoms with van der Waals surface area (Å²) >= 11 is 5.74. The first-order chi connectivity index (χ1) is 9.21. The maximum atomic E-state index is 13.0. The fourth-order valence-electron chi connectivity index (χ4n) is 1.66. The molecule has 0 atom stereocenters. The van der Waals surface area contributed by atoms with Crippen LogP contribution in [0.5, 0.6) is 0 Å². The van der Waals surface area contributed by atoms with Crippen molar-refractivity contribution in [1.82, 2.24) is 15.0 Å². The van der Waals surface area contributed by atoms with Gasteiger partial charge in [-0.3, -0.25) is 0 Å². The molecule has 0 radical (unpaired) electrons. The van der Waals surface area contributed by atoms with Crippen molar-refractivity contribution in [2.45, 2.75) is 13.1 Å². The molecule has 0 aliphatic carbocycles. The molecule has 0 aliphatic heterocycles. The lowest BCUT2D eigenvalue weighted by atomic mass is 10.2. The van der Waals surface area contributed by atoms with Gasteiger partial charge in [-0.15, -0.1) is 5.10 Å². The molecular weight excluding hydrogens is 299 g/mol. The quantitative estimate of drug-likeness (QED) is 0.926. The molecule has 0 aliphatic rings. The number of rotatable bonds is 2. The van der Waals surface area contributed by atoms with E-state index in [1.54, 1.807) is 6.92 Å². The van der Waals surface area contributed by atoms with Gasteiger partial charge in [0.1, 0.15) is 0 Å². The molecule has 0 saturated heterocycles. The van der Waals surface area contributed by atoms with Crippen LogP contribution in [0.1, 0.15) is 21.7 Å². The number of carboxylic acids is 1. The lowest BCUT2D eigenvalue weighted by Gasteiger charge is -2.12. The van der Waals surface area contributed by atoms with Crippen LogP contribution in [-0.2, 0) is 6.18 Å². The van der Waals surface area contributed by atoms with E-state index >= 15 is 0 Å². The van der Waals surface area contributed by atoms with Gasteiger partial charge in [0, 0.05) is 5.02 Å². The van der Waals surface area contributed by atoms with Gasteiger partial charge in [-0.1, -0.05) is 22.9 Å². The summed E-state index contributed by atoms with van der Waals surface area (Å²) in [5.41, 5.74) is -2.14. The van der Waals surface area contributed by atoms with Gasteiger partial charge in [-0.05, 0) is 24.6 Å². The van der Waals surface area contributed by atoms with Crippen molar-refractivity contribution in [3.05, 3.63) is 40.2 Å². The van der Waals surface area contributed by atoms with Gasteiger partial charge in [0.25, 0.3) is 0 Å². The molecule has 0 bridgehead atoms. The summed E-state index contributed by atoms with van der Waals surface area (Å²) in [5.74, 6) is -1.80. The largest absolute Gasteiger partial charge is 0.476 e. The van der Waals surface area contributed by atoms with Crippen LogP contribution in [0.15, 0.2) is 18.2 Å². The average Bonchev–Trinajstić information content (AvgIpc) is 2.76. The molecule has 20 heavy (non-hydrogen) atoms. The predicted octanol–water partition coefficient (Wildman–Crippen LogP) is 2.95. The number of hydrogen-bond donors (Lipinski definition) is 1. The first-order valence-corrected chi connectivity index (χ1v) is 5.62. The third kappa shape index (κ3) is 2.46. The van der Waals surface area contributed by atoms with Crippen molar-refractivity contribution in [3.8, 4) is 5.69 Å². The molecule has 106 valence electrons. The zero-order valence-corrected chi connectivity index (χ0v) is 10.7. The van der Waals surface area contributed by atoms with Crippen LogP contribution < -0.4 is 0 Å². The predicted molar refractivity (Wildman–Crippen MR) is 63.1 cm³/mol. The van der Waals surface area contributed by atoms with Crippen LogP contribution in [0.25, 0.3) is 5.69 Å². The first kappa shape index (κ1) is 14.3. The maximum Gasteiger partial charge on any atom is 0.436 e. The Bertz CT molecular complexity index is 682. The van der Waals surface area contributed by atoms with Crippen LogP contribution in [0, 0.1) is 6.92 Å². The topological polar surface area (TPSA) is 68.0 Å². The lowest BCUT2D eigenvalue weighted by Crippen LogP contribution is -2.18. The Morgan fingerprint density at radius 1 is 1.40 bits per heavy atom. The summed E-state index contributed by atoms with van der Waals surface area (Å²) in [4.78, 5) is 10.8. The molecule has 1 aromatic carbocycles. The summed E-state index contributed by atoms with van der Waals surface area (Å²) < 4.78 is 39.5. The third-order valence-electron chi connectivity index (χ3n) is 2.54. The van der Waals surface area contributed by atoms with Gasteiger partial charge in [0.15, 0.2) is 5.69 Å². The molecule has 1 aromatic heterocycles. The number of hydrogen-bond acceptors (Lipinski definition) is 3. The molecule has 0 amide bonds. The summed E-state index contributed by atoms with van der Waals surface area (Å²) in [6.45, 7) is 1.55. The van der Waals surface area contributed by atoms with Gasteiger partial charge in [-0.2, -0.15) is 13.2 Å². The standard InChI is InChI=1S/C11H7ClF3N3O2/c1-5-2-3-6(12)4-7(5)18-9(11(13,14)15)8(10(19)20)16-17-18/h2-4H,1H3,(H,19,20). The summed E-state index contributed by atoms with van der Waals surface area (Å²) in [6, 6.07) is 4.26. The highest BCUT2D eigenvalue weighted by molar-refractivity contribution is 6.30. The molecule has 0 fully saturated rings. The SMILES string of the molecule is Cc1ccc(Cl)cc1-n1nnc(C(=O)O)c1C(F)(F)F. The van der Waals surface area contributed by atoms with E-state index < -0.39 is 23.5 Å². The van der Waals surface area contributed by atoms with E-state index in [1.165, 1.54) is 18.2 Å². The molecule has 0 unspecified atom stereocenters. The van der Waals surface area contributed by atoms with Crippen molar-refractivity contribution < 1.29 is 23.1 Å². The molecule has 9 heteroatoms. The molecule has 1 N–H and O–H groups in total. The molecule has 0 spiro atoms. The number of aromatic nitrogens is 3. The highest BCUT2D eigenvalue weighted by Gasteiger charge is 2.42. The highest BCUT2D eigenvalue weighted by Crippen LogP contribution is 2.33. The summed E-state index contributed by atoms with van der Waals surface area (Å²) in [7, 11) is 0. The number of benzene rings is 1. The van der Waals surface area contributed by atoms with Gasteiger partial charge in [0.05, 0.1) is 5.69 Å². The van der Waals surface area contributed by atoms with E-state index in [0.29, 0.717) is 10.2 Å². The molecule has 5 nitrogen and oxygen atoms in total. The number of aromatic carboxylic acids is 1. The smallest absolute Gasteiger partial charge is 0.436 e. The molecular formula is C11H7ClF3N3O2. The van der Waals surface area contributed by atoms with Crippen LogP contribution in [0.4, 0.5) is 13.2 Å². The Labute approximate surface area is 115 Å². The van der Waals surface area contributed by atoms with Crippen LogP contribution in [0.2, 0.25) is 5.02 Å². The number of aryl methyl sites for hydroxylation is 1. The fourth-order valence-corrected chi connectivity index (χ4v) is 1.83. The Hall–Kier alpha value is -2.09. The maximum absolute atomic E-state index is 13.0. The summed E-state index contributed by atoms with van der Waals surface area (Å²) in [5, 5.41) is 15.3. The Morgan fingerprint density at radius 3 is 2.60 bits per heavy atom. The van der Waals surface area contributed by atoms with Crippen molar-refractivity contribution in [1.29, 1.82) is 0 Å². The zero-order valence-electron chi connectivity index (χ0n) is 9.94. The van der Waals surface area contributed by atoms with Gasteiger partial charge >= 0.3 is 12.1 Å². The van der Waals surface area contributed by atoms with E-state index in [2.05, 4.69) is 10.3 Å².